The fourth-order valence-electron chi connectivity index (χ4n) is 10.2. The first kappa shape index (κ1) is 46.8. The fraction of sp³-hybridized carbons (Fsp3) is 0.736. The number of carbonyl (C=O) groups excluding carboxylic acids is 5. The summed E-state index contributed by atoms with van der Waals surface area (Å²) in [5, 5.41) is 35.4. The number of ether oxygens (including phenoxy) is 5. The van der Waals surface area contributed by atoms with Crippen molar-refractivity contribution in [2.45, 2.75) is 180 Å². The third kappa shape index (κ3) is 13.8. The Morgan fingerprint density at radius 3 is 2.41 bits per heavy atom. The van der Waals surface area contributed by atoms with Crippen molar-refractivity contribution in [2.24, 2.45) is 41.4 Å². The predicted molar refractivity (Wildman–Crippen MR) is 261 cm³/mol. The summed E-state index contributed by atoms with van der Waals surface area (Å²) in [6.07, 6.45) is 3.26. The molecule has 2 N–H and O–H groups in total. The molecule has 17 nitrogen and oxygen atoms in total. The van der Waals surface area contributed by atoms with Crippen LogP contribution in [0.4, 0.5) is 0 Å². The highest BCUT2D eigenvalue weighted by Gasteiger charge is 2.53. The molecule has 1 aromatic rings. The van der Waals surface area contributed by atoms with E-state index in [0.717, 1.165) is 11.3 Å². The Kier molecular flexibility index (Phi) is 17.3. The first-order chi connectivity index (χ1) is 35.8. The average Bonchev–Trinajstić information content (AvgIpc) is 3.91. The summed E-state index contributed by atoms with van der Waals surface area (Å²) in [5.74, 6) is -15.5. The molecule has 70 heavy (non-hydrogen) atoms. The summed E-state index contributed by atoms with van der Waals surface area (Å²) >= 11 is 0. The standard InChI is InChI=1S/C53H81N5O12/c1-31-17-13-12-14-18-32(2)44(66-9)28-40-22-20-36(6)53(65,70-40)50(62)51(63)57-24-16-15-19-42(57)52(64)69-45(34(4)26-39-21-23-41(46(27-39)67-10)58-30-54-55-56-58)29-43(59)33(3)25-35(5)47(60)49(68-11)48(61)38(8)37(31)7/h12-14,17-18,25,30-31,33-34,36-42,44-47,49,60,65H,15-16,19-24,26-29H2,1-11H3/b14-12?,17-13+,32-18?,35-25+/t31-,33-,34-,36-,37?,38-,39+,40+,41+,42+,44+,45+,46-,47-,49-,53-/m1/s1/i9D3,20D2,31D,37D. The van der Waals surface area contributed by atoms with Crippen LogP contribution in [0, 0.1) is 41.4 Å². The molecule has 4 aliphatic rings. The third-order valence-corrected chi connectivity index (χ3v) is 15.1. The SMILES string of the molecule is [2H]C([2H])([2H])O[C@H]1C[C@@H]2CC([2H])([2H])[C@@H](C)[C@@](O)(O2)C(=O)C(=O)N2CCCC[C@H]2C(=O)O[C@H]([C@H](C)C[C@@H]2CC[C@H](n3cnnn3)[C@H](OC)C2)CC(=O)[C@H](C)/C=C(\C)[C@@H](O)[C@@H](OC)C(=O)[C@H](C)C([2H])(C)[C@]([2H])(C)/C=C/C=CC=C1C. The number of cyclic esters (lactones) is 1. The number of aliphatic hydroxyl groups is 2. The maximum Gasteiger partial charge on any atom is 0.329 e. The highest BCUT2D eigenvalue weighted by Crippen LogP contribution is 2.39. The molecular weight excluding hydrogens is 899 g/mol. The van der Waals surface area contributed by atoms with E-state index in [-0.39, 0.29) is 49.4 Å². The molecule has 1 amide bonds. The van der Waals surface area contributed by atoms with Crippen molar-refractivity contribution in [2.75, 3.05) is 27.8 Å². The molecule has 2 bridgehead atoms. The zero-order valence-corrected chi connectivity index (χ0v) is 42.5. The number of aliphatic hydroxyl groups excluding tert-OH is 1. The van der Waals surface area contributed by atoms with Crippen LogP contribution in [0.25, 0.3) is 0 Å². The van der Waals surface area contributed by atoms with E-state index in [2.05, 4.69) is 15.5 Å². The second-order valence-electron chi connectivity index (χ2n) is 19.9. The van der Waals surface area contributed by atoms with Gasteiger partial charge in [-0.25, -0.2) is 9.48 Å². The van der Waals surface area contributed by atoms with Crippen molar-refractivity contribution in [1.29, 1.82) is 0 Å². The van der Waals surface area contributed by atoms with Crippen LogP contribution in [0.5, 0.6) is 0 Å². The van der Waals surface area contributed by atoms with E-state index in [1.807, 2.05) is 6.92 Å². The summed E-state index contributed by atoms with van der Waals surface area (Å²) in [6.45, 7) is 12.0. The number of allylic oxidation sites excluding steroid dienone is 6. The lowest BCUT2D eigenvalue weighted by atomic mass is 9.77. The lowest BCUT2D eigenvalue weighted by Crippen LogP contribution is -2.61. The van der Waals surface area contributed by atoms with E-state index in [1.165, 1.54) is 84.5 Å². The molecule has 4 heterocycles. The molecule has 3 fully saturated rings. The van der Waals surface area contributed by atoms with Gasteiger partial charge in [-0.15, -0.1) is 5.10 Å². The molecule has 390 valence electrons. The van der Waals surface area contributed by atoms with Gasteiger partial charge in [-0.2, -0.15) is 0 Å². The van der Waals surface area contributed by atoms with Crippen LogP contribution >= 0.6 is 0 Å². The van der Waals surface area contributed by atoms with Gasteiger partial charge in [0.1, 0.15) is 36.5 Å². The number of esters is 1. The Morgan fingerprint density at radius 1 is 0.971 bits per heavy atom. The van der Waals surface area contributed by atoms with Gasteiger partial charge in [-0.05, 0) is 117 Å². The Morgan fingerprint density at radius 2 is 1.73 bits per heavy atom. The number of tetrazole rings is 1. The van der Waals surface area contributed by atoms with Crippen molar-refractivity contribution < 1.29 is 67.5 Å². The molecule has 1 aliphatic carbocycles. The van der Waals surface area contributed by atoms with Crippen molar-refractivity contribution >= 4 is 29.2 Å². The molecule has 16 atom stereocenters. The number of amides is 1. The van der Waals surface area contributed by atoms with Gasteiger partial charge in [0.15, 0.2) is 5.78 Å². The number of ketones is 3. The monoisotopic (exact) mass is 987 g/mol. The van der Waals surface area contributed by atoms with Gasteiger partial charge >= 0.3 is 5.97 Å². The minimum Gasteiger partial charge on any atom is -0.460 e. The highest BCUT2D eigenvalue weighted by atomic mass is 16.6. The van der Waals surface area contributed by atoms with Crippen molar-refractivity contribution in [3.8, 4) is 0 Å². The molecule has 1 saturated carbocycles. The fourth-order valence-corrected chi connectivity index (χ4v) is 10.2. The first-order valence-electron chi connectivity index (χ1n) is 28.2. The van der Waals surface area contributed by atoms with E-state index in [0.29, 0.717) is 37.7 Å². The van der Waals surface area contributed by atoms with Crippen molar-refractivity contribution in [3.63, 3.8) is 0 Å². The zero-order chi connectivity index (χ0) is 57.6. The van der Waals surface area contributed by atoms with Crippen LogP contribution in [-0.2, 0) is 47.7 Å². The minimum absolute atomic E-state index is 0.0435. The molecule has 0 radical (unpaired) electrons. The van der Waals surface area contributed by atoms with Crippen LogP contribution in [0.3, 0.4) is 0 Å². The van der Waals surface area contributed by atoms with E-state index >= 15 is 0 Å². The molecule has 0 spiro atoms. The number of fused-ring (bicyclic) bond motifs is 3. The van der Waals surface area contributed by atoms with Gasteiger partial charge < -0.3 is 38.8 Å². The van der Waals surface area contributed by atoms with Crippen LogP contribution in [0.15, 0.2) is 53.9 Å². The van der Waals surface area contributed by atoms with Gasteiger partial charge in [0.25, 0.3) is 11.7 Å². The van der Waals surface area contributed by atoms with Crippen LogP contribution in [0.1, 0.15) is 142 Å². The van der Waals surface area contributed by atoms with E-state index in [1.54, 1.807) is 25.6 Å². The number of methoxy groups -OCH3 is 3. The summed E-state index contributed by atoms with van der Waals surface area (Å²) in [6, 6.07) is -1.48. The van der Waals surface area contributed by atoms with Gasteiger partial charge in [-0.3, -0.25) is 19.2 Å². The Hall–Kier alpha value is -4.26. The predicted octanol–water partition coefficient (Wildman–Crippen LogP) is 6.29. The minimum atomic E-state index is -3.08. The third-order valence-electron chi connectivity index (χ3n) is 15.1. The normalized spacial score (nSPS) is 42.7. The largest absolute Gasteiger partial charge is 0.460 e. The molecule has 0 aromatic carbocycles. The Balaban J connectivity index is 1.56. The zero-order valence-electron chi connectivity index (χ0n) is 49.5. The summed E-state index contributed by atoms with van der Waals surface area (Å²) in [4.78, 5) is 73.1. The summed E-state index contributed by atoms with van der Waals surface area (Å²) in [5.41, 5.74) is 0.522. The quantitative estimate of drug-likeness (QED) is 0.174. The number of nitrogens with zero attached hydrogens (tertiary/aromatic N) is 5. The van der Waals surface area contributed by atoms with Crippen molar-refractivity contribution in [3.05, 3.63) is 53.9 Å². The lowest BCUT2D eigenvalue weighted by molar-refractivity contribution is -0.265. The molecule has 1 aromatic heterocycles. The van der Waals surface area contributed by atoms with Crippen LogP contribution < -0.4 is 0 Å². The topological polar surface area (TPSA) is 219 Å². The van der Waals surface area contributed by atoms with Gasteiger partial charge in [0, 0.05) is 63.9 Å². The molecule has 17 heteroatoms. The molecular formula is C53H81N5O12. The number of piperidine rings is 1. The molecule has 1 unspecified atom stereocenters. The first-order valence-corrected chi connectivity index (χ1v) is 24.7. The Labute approximate surface area is 424 Å². The van der Waals surface area contributed by atoms with E-state index in [4.69, 9.17) is 30.5 Å². The maximum absolute atomic E-state index is 14.6. The number of carbonyl (C=O) groups is 5. The molecule has 3 aliphatic heterocycles. The average molecular weight is 987 g/mol. The van der Waals surface area contributed by atoms with Gasteiger partial charge in [0.05, 0.1) is 28.5 Å². The van der Waals surface area contributed by atoms with Crippen LogP contribution in [-0.4, -0.2) is 141 Å². The lowest BCUT2D eigenvalue weighted by Gasteiger charge is -2.42. The highest BCUT2D eigenvalue weighted by molar-refractivity contribution is 6.39. The number of hydrogen-bond acceptors (Lipinski definition) is 15. The second kappa shape index (κ2) is 25.9. The molecule has 2 saturated heterocycles. The maximum atomic E-state index is 14.6. The molecule has 5 rings (SSSR count). The van der Waals surface area contributed by atoms with Crippen molar-refractivity contribution in [1.82, 2.24) is 25.1 Å². The van der Waals surface area contributed by atoms with E-state index < -0.39 is 127 Å². The smallest absolute Gasteiger partial charge is 0.329 e. The number of Topliss-reactive ketones (excluding diaryl/α,β-unsaturated/α-hetero) is 3. The Bertz CT molecular complexity index is 2360. The second-order valence-corrected chi connectivity index (χ2v) is 19.9. The van der Waals surface area contributed by atoms with Crippen LogP contribution in [0.2, 0.25) is 0 Å². The summed E-state index contributed by atoms with van der Waals surface area (Å²) < 4.78 is 91.0. The number of hydrogen-bond donors (Lipinski definition) is 2. The number of rotatable bonds is 7. The number of aromatic nitrogens is 4. The van der Waals surface area contributed by atoms with Gasteiger partial charge in [0.2, 0.25) is 5.79 Å². The summed E-state index contributed by atoms with van der Waals surface area (Å²) in [7, 11) is -0.124. The van der Waals surface area contributed by atoms with E-state index in [9.17, 15) is 36.9 Å². The van der Waals surface area contributed by atoms with Gasteiger partial charge in [-0.1, -0.05) is 78.0 Å².